The summed E-state index contributed by atoms with van der Waals surface area (Å²) < 4.78 is 6.40. The lowest BCUT2D eigenvalue weighted by Crippen LogP contribution is -2.38. The van der Waals surface area contributed by atoms with Crippen LogP contribution >= 0.6 is 34.2 Å². The second-order valence-corrected chi connectivity index (χ2v) is 9.27. The van der Waals surface area contributed by atoms with Gasteiger partial charge in [-0.2, -0.15) is 0 Å². The third kappa shape index (κ3) is 4.88. The predicted octanol–water partition coefficient (Wildman–Crippen LogP) is 4.83. The Morgan fingerprint density at radius 2 is 2.23 bits per heavy atom. The molecule has 0 spiro atoms. The molecule has 1 aliphatic heterocycles. The zero-order valence-corrected chi connectivity index (χ0v) is 20.2. The van der Waals surface area contributed by atoms with Gasteiger partial charge in [-0.1, -0.05) is 24.2 Å². The van der Waals surface area contributed by atoms with Crippen LogP contribution in [0.15, 0.2) is 43.0 Å². The Bertz CT molecular complexity index is 1130. The minimum Gasteiger partial charge on any atom is -0.383 e. The molecule has 1 atom stereocenters. The van der Waals surface area contributed by atoms with Crippen LogP contribution in [0, 0.1) is 3.57 Å². The van der Waals surface area contributed by atoms with Gasteiger partial charge in [-0.25, -0.2) is 4.98 Å². The van der Waals surface area contributed by atoms with Gasteiger partial charge in [0, 0.05) is 22.9 Å². The van der Waals surface area contributed by atoms with E-state index in [4.69, 9.17) is 16.3 Å². The molecule has 1 fully saturated rings. The average molecular weight is 551 g/mol. The van der Waals surface area contributed by atoms with Crippen molar-refractivity contribution in [2.24, 2.45) is 0 Å². The van der Waals surface area contributed by atoms with Crippen molar-refractivity contribution in [2.45, 2.75) is 25.4 Å². The maximum absolute atomic E-state index is 13.0. The molecule has 8 heteroatoms. The van der Waals surface area contributed by atoms with Crippen molar-refractivity contribution in [3.05, 3.63) is 68.5 Å². The molecule has 162 valence electrons. The number of amides is 1. The number of aromatic nitrogens is 2. The fraction of sp³-hybridized carbons (Fsp3) is 0.304. The van der Waals surface area contributed by atoms with Crippen molar-refractivity contribution in [1.82, 2.24) is 20.2 Å². The topological polar surface area (TPSA) is 70.2 Å². The van der Waals surface area contributed by atoms with Gasteiger partial charge in [-0.15, -0.1) is 0 Å². The number of fused-ring (bicyclic) bond motifs is 1. The van der Waals surface area contributed by atoms with E-state index >= 15 is 0 Å². The Kier molecular flexibility index (Phi) is 6.83. The number of H-pyrrole nitrogens is 1. The van der Waals surface area contributed by atoms with Crippen LogP contribution in [0.1, 0.15) is 34.6 Å². The van der Waals surface area contributed by atoms with Crippen LogP contribution in [-0.4, -0.2) is 47.1 Å². The zero-order valence-electron chi connectivity index (χ0n) is 17.3. The highest BCUT2D eigenvalue weighted by Crippen LogP contribution is 2.26. The van der Waals surface area contributed by atoms with Gasteiger partial charge in [-0.05, 0) is 71.3 Å². The fourth-order valence-electron chi connectivity index (χ4n) is 3.91. The number of ether oxygens (including phenoxy) is 1. The van der Waals surface area contributed by atoms with E-state index in [9.17, 15) is 4.79 Å². The largest absolute Gasteiger partial charge is 0.383 e. The summed E-state index contributed by atoms with van der Waals surface area (Å²) in [4.78, 5) is 22.8. The zero-order chi connectivity index (χ0) is 22.0. The van der Waals surface area contributed by atoms with E-state index in [1.54, 1.807) is 19.2 Å². The van der Waals surface area contributed by atoms with Crippen LogP contribution in [0.2, 0.25) is 5.02 Å². The monoisotopic (exact) mass is 550 g/mol. The van der Waals surface area contributed by atoms with Crippen molar-refractivity contribution in [1.29, 1.82) is 0 Å². The molecule has 0 radical (unpaired) electrons. The smallest absolute Gasteiger partial charge is 0.255 e. The molecule has 1 aromatic heterocycles. The van der Waals surface area contributed by atoms with E-state index in [-0.39, 0.29) is 11.9 Å². The van der Waals surface area contributed by atoms with Gasteiger partial charge in [0.2, 0.25) is 0 Å². The molecule has 31 heavy (non-hydrogen) atoms. The highest BCUT2D eigenvalue weighted by atomic mass is 127. The summed E-state index contributed by atoms with van der Waals surface area (Å²) in [6, 6.07) is 11.6. The van der Waals surface area contributed by atoms with Gasteiger partial charge in [0.15, 0.2) is 0 Å². The SMILES string of the molecule is C=C(NCc1nc2cc(I)ccc2[nH]1)c1ccc(C(=O)N2CCC[C@H]2COC)c(Cl)c1. The van der Waals surface area contributed by atoms with Crippen LogP contribution in [0.3, 0.4) is 0 Å². The average Bonchev–Trinajstić information content (AvgIpc) is 3.38. The molecule has 4 rings (SSSR count). The standard InChI is InChI=1S/C23H24ClIN4O2/c1-14(26-12-22-27-20-8-6-16(25)11-21(20)28-22)15-5-7-18(19(24)10-15)23(30)29-9-3-4-17(29)13-31-2/h5-8,10-11,17,26H,1,3-4,9,12-13H2,2H3,(H,27,28)/t17-/m0/s1. The molecular formula is C23H24ClIN4O2. The molecule has 6 nitrogen and oxygen atoms in total. The van der Waals surface area contributed by atoms with Gasteiger partial charge in [0.05, 0.1) is 40.8 Å². The number of aromatic amines is 1. The van der Waals surface area contributed by atoms with E-state index in [2.05, 4.69) is 44.5 Å². The fourth-order valence-corrected chi connectivity index (χ4v) is 4.64. The van der Waals surface area contributed by atoms with Crippen molar-refractivity contribution in [3.63, 3.8) is 0 Å². The molecule has 0 aliphatic carbocycles. The van der Waals surface area contributed by atoms with E-state index in [1.807, 2.05) is 29.2 Å². The predicted molar refractivity (Wildman–Crippen MR) is 132 cm³/mol. The van der Waals surface area contributed by atoms with Crippen LogP contribution in [0.5, 0.6) is 0 Å². The molecule has 1 aliphatic rings. The first kappa shape index (κ1) is 22.1. The molecule has 0 bridgehead atoms. The molecule has 3 aromatic rings. The van der Waals surface area contributed by atoms with E-state index in [0.717, 1.165) is 51.1 Å². The Labute approximate surface area is 200 Å². The first-order chi connectivity index (χ1) is 15.0. The molecule has 0 unspecified atom stereocenters. The quantitative estimate of drug-likeness (QED) is 0.414. The Morgan fingerprint density at radius 3 is 3.00 bits per heavy atom. The number of imidazole rings is 1. The number of likely N-dealkylation sites (tertiary alicyclic amines) is 1. The minimum absolute atomic E-state index is 0.0495. The first-order valence-corrected chi connectivity index (χ1v) is 11.6. The van der Waals surface area contributed by atoms with Gasteiger partial charge in [0.25, 0.3) is 5.91 Å². The summed E-state index contributed by atoms with van der Waals surface area (Å²) in [6.07, 6.45) is 1.94. The number of methoxy groups -OCH3 is 1. The van der Waals surface area contributed by atoms with E-state index in [0.29, 0.717) is 23.7 Å². The summed E-state index contributed by atoms with van der Waals surface area (Å²) in [7, 11) is 1.66. The summed E-state index contributed by atoms with van der Waals surface area (Å²) in [5.41, 5.74) is 4.00. The highest BCUT2D eigenvalue weighted by molar-refractivity contribution is 14.1. The van der Waals surface area contributed by atoms with Crippen molar-refractivity contribution in [2.75, 3.05) is 20.3 Å². The maximum Gasteiger partial charge on any atom is 0.255 e. The Balaban J connectivity index is 1.43. The lowest BCUT2D eigenvalue weighted by atomic mass is 10.1. The summed E-state index contributed by atoms with van der Waals surface area (Å²) >= 11 is 8.76. The highest BCUT2D eigenvalue weighted by Gasteiger charge is 2.30. The van der Waals surface area contributed by atoms with E-state index in [1.165, 1.54) is 0 Å². The van der Waals surface area contributed by atoms with Gasteiger partial charge in [0.1, 0.15) is 5.82 Å². The molecular weight excluding hydrogens is 527 g/mol. The molecule has 1 amide bonds. The van der Waals surface area contributed by atoms with Crippen LogP contribution in [-0.2, 0) is 11.3 Å². The minimum atomic E-state index is -0.0495. The lowest BCUT2D eigenvalue weighted by molar-refractivity contribution is 0.0631. The normalized spacial score (nSPS) is 16.1. The molecule has 1 saturated heterocycles. The Hall–Kier alpha value is -2.10. The number of hydrogen-bond acceptors (Lipinski definition) is 4. The number of benzene rings is 2. The van der Waals surface area contributed by atoms with Gasteiger partial charge >= 0.3 is 0 Å². The number of carbonyl (C=O) groups is 1. The van der Waals surface area contributed by atoms with Crippen molar-refractivity contribution in [3.8, 4) is 0 Å². The molecule has 2 heterocycles. The number of rotatable bonds is 7. The van der Waals surface area contributed by atoms with Crippen LogP contribution < -0.4 is 5.32 Å². The second-order valence-electron chi connectivity index (χ2n) is 7.62. The number of nitrogens with one attached hydrogen (secondary N) is 2. The number of halogens is 2. The summed E-state index contributed by atoms with van der Waals surface area (Å²) in [5, 5.41) is 3.71. The first-order valence-electron chi connectivity index (χ1n) is 10.1. The number of nitrogens with zero attached hydrogens (tertiary/aromatic N) is 2. The third-order valence-corrected chi connectivity index (χ3v) is 6.49. The number of carbonyl (C=O) groups excluding carboxylic acids is 1. The molecule has 0 saturated carbocycles. The van der Waals surface area contributed by atoms with Crippen molar-refractivity contribution >= 4 is 56.8 Å². The van der Waals surface area contributed by atoms with Crippen LogP contribution in [0.25, 0.3) is 16.7 Å². The maximum atomic E-state index is 13.0. The molecule has 2 N–H and O–H groups in total. The second kappa shape index (κ2) is 9.58. The van der Waals surface area contributed by atoms with Crippen LogP contribution in [0.4, 0.5) is 0 Å². The van der Waals surface area contributed by atoms with E-state index < -0.39 is 0 Å². The lowest BCUT2D eigenvalue weighted by Gasteiger charge is -2.24. The Morgan fingerprint density at radius 1 is 1.39 bits per heavy atom. The third-order valence-electron chi connectivity index (χ3n) is 5.51. The number of hydrogen-bond donors (Lipinski definition) is 2. The molecule has 2 aromatic carbocycles. The summed E-state index contributed by atoms with van der Waals surface area (Å²) in [6.45, 7) is 5.90. The summed E-state index contributed by atoms with van der Waals surface area (Å²) in [5.74, 6) is 0.779. The van der Waals surface area contributed by atoms with Crippen molar-refractivity contribution < 1.29 is 9.53 Å². The van der Waals surface area contributed by atoms with Gasteiger partial charge < -0.3 is 19.9 Å². The van der Waals surface area contributed by atoms with Gasteiger partial charge in [-0.3, -0.25) is 4.79 Å².